The van der Waals surface area contributed by atoms with Crippen LogP contribution in [0.4, 0.5) is 0 Å². The Hall–Kier alpha value is 0.470. The van der Waals surface area contributed by atoms with E-state index in [1.165, 1.54) is 6.92 Å². The molecule has 0 aliphatic heterocycles. The van der Waals surface area contributed by atoms with Crippen LogP contribution in [0.5, 0.6) is 0 Å². The van der Waals surface area contributed by atoms with Crippen molar-refractivity contribution in [3.05, 3.63) is 0 Å². The fourth-order valence-corrected chi connectivity index (χ4v) is 3.17. The van der Waals surface area contributed by atoms with Gasteiger partial charge in [-0.25, -0.2) is 9.65 Å². The highest BCUT2D eigenvalue weighted by Gasteiger charge is 2.51. The van der Waals surface area contributed by atoms with Gasteiger partial charge in [-0.05, 0) is 27.7 Å². The molecule has 0 heterocycles. The van der Waals surface area contributed by atoms with Gasteiger partial charge in [-0.1, -0.05) is 34.8 Å². The van der Waals surface area contributed by atoms with Gasteiger partial charge in [-0.2, -0.15) is 5.26 Å². The summed E-state index contributed by atoms with van der Waals surface area (Å²) in [5.41, 5.74) is -1.90. The van der Waals surface area contributed by atoms with Crippen LogP contribution in [0.1, 0.15) is 27.7 Å². The van der Waals surface area contributed by atoms with Crippen molar-refractivity contribution in [1.29, 1.82) is 5.26 Å². The van der Waals surface area contributed by atoms with E-state index in [-0.39, 0.29) is 12.6 Å². The quantitative estimate of drug-likeness (QED) is 0.589. The van der Waals surface area contributed by atoms with Crippen LogP contribution in [0, 0.1) is 11.3 Å². The van der Waals surface area contributed by atoms with E-state index >= 15 is 0 Å². The highest BCUT2D eigenvalue weighted by Crippen LogP contribution is 2.53. The molecule has 0 rings (SSSR count). The van der Waals surface area contributed by atoms with E-state index < -0.39 is 17.1 Å². The van der Waals surface area contributed by atoms with Gasteiger partial charge in [0.25, 0.3) is 0 Å². The molecule has 5 nitrogen and oxygen atoms in total. The second-order valence-corrected chi connectivity index (χ2v) is 7.91. The van der Waals surface area contributed by atoms with Gasteiger partial charge in [-0.3, -0.25) is 9.05 Å². The first-order valence-electron chi connectivity index (χ1n) is 5.21. The van der Waals surface area contributed by atoms with Crippen LogP contribution in [-0.4, -0.2) is 22.0 Å². The minimum absolute atomic E-state index is 0.123. The predicted molar refractivity (Wildman–Crippen MR) is 72.9 cm³/mol. The summed E-state index contributed by atoms with van der Waals surface area (Å²) in [7, 11) is -3.74. The lowest BCUT2D eigenvalue weighted by Gasteiger charge is -2.33. The molecular formula is C9H16Cl3N2O3P. The lowest BCUT2D eigenvalue weighted by Crippen LogP contribution is -2.42. The maximum Gasteiger partial charge on any atom is 0.407 e. The van der Waals surface area contributed by atoms with Gasteiger partial charge in [0.1, 0.15) is 6.07 Å². The number of halogens is 3. The summed E-state index contributed by atoms with van der Waals surface area (Å²) < 4.78 is 20.5. The van der Waals surface area contributed by atoms with Crippen molar-refractivity contribution in [3.63, 3.8) is 0 Å². The predicted octanol–water partition coefficient (Wildman–Crippen LogP) is 3.80. The monoisotopic (exact) mass is 336 g/mol. The van der Waals surface area contributed by atoms with Crippen LogP contribution >= 0.6 is 42.5 Å². The second kappa shape index (κ2) is 6.76. The number of nitriles is 1. The van der Waals surface area contributed by atoms with Gasteiger partial charge in [-0.15, -0.1) is 0 Å². The third-order valence-electron chi connectivity index (χ3n) is 1.77. The molecule has 0 amide bonds. The topological polar surface area (TPSA) is 71.3 Å². The fourth-order valence-electron chi connectivity index (χ4n) is 0.952. The lowest BCUT2D eigenvalue weighted by atomic mass is 10.2. The molecule has 0 saturated heterocycles. The van der Waals surface area contributed by atoms with Crippen LogP contribution < -0.4 is 5.09 Å². The molecule has 0 aliphatic carbocycles. The summed E-state index contributed by atoms with van der Waals surface area (Å²) in [5.74, 6) is 0. The minimum Gasteiger partial charge on any atom is -0.297 e. The van der Waals surface area contributed by atoms with Crippen molar-refractivity contribution < 1.29 is 13.6 Å². The van der Waals surface area contributed by atoms with Crippen molar-refractivity contribution >= 4 is 42.5 Å². The minimum atomic E-state index is -3.74. The molecule has 0 saturated carbocycles. The van der Waals surface area contributed by atoms with Gasteiger partial charge >= 0.3 is 7.75 Å². The zero-order valence-corrected chi connectivity index (χ0v) is 13.7. The molecule has 2 atom stereocenters. The molecule has 106 valence electrons. The van der Waals surface area contributed by atoms with E-state index in [0.717, 1.165) is 0 Å². The number of nitrogens with one attached hydrogen (secondary N) is 1. The van der Waals surface area contributed by atoms with Gasteiger partial charge in [0.2, 0.25) is 9.39 Å². The fraction of sp³-hybridized carbons (Fsp3) is 0.889. The van der Waals surface area contributed by atoms with Crippen molar-refractivity contribution in [2.45, 2.75) is 43.1 Å². The van der Waals surface area contributed by atoms with E-state index in [1.807, 2.05) is 0 Å². The normalized spacial score (nSPS) is 19.1. The lowest BCUT2D eigenvalue weighted by molar-refractivity contribution is 0.106. The Labute approximate surface area is 122 Å². The first-order chi connectivity index (χ1) is 7.99. The van der Waals surface area contributed by atoms with Crippen LogP contribution in [0.3, 0.4) is 0 Å². The Morgan fingerprint density at radius 1 is 1.44 bits per heavy atom. The highest BCUT2D eigenvalue weighted by atomic mass is 35.6. The number of alkyl halides is 3. The Balaban J connectivity index is 5.21. The average Bonchev–Trinajstić information content (AvgIpc) is 2.14. The number of nitrogens with zero attached hydrogens (tertiary/aromatic N) is 1. The van der Waals surface area contributed by atoms with Gasteiger partial charge in [0, 0.05) is 6.04 Å². The smallest absolute Gasteiger partial charge is 0.297 e. The highest BCUT2D eigenvalue weighted by molar-refractivity contribution is 7.51. The van der Waals surface area contributed by atoms with Gasteiger partial charge < -0.3 is 0 Å². The van der Waals surface area contributed by atoms with Crippen LogP contribution in [0.25, 0.3) is 0 Å². The third kappa shape index (κ3) is 5.22. The van der Waals surface area contributed by atoms with Crippen LogP contribution in [0.2, 0.25) is 0 Å². The largest absolute Gasteiger partial charge is 0.407 e. The molecule has 0 spiro atoms. The molecule has 0 aliphatic rings. The molecule has 2 unspecified atom stereocenters. The maximum atomic E-state index is 12.4. The van der Waals surface area contributed by atoms with E-state index in [1.54, 1.807) is 26.8 Å². The van der Waals surface area contributed by atoms with Crippen molar-refractivity contribution in [1.82, 2.24) is 5.09 Å². The summed E-state index contributed by atoms with van der Waals surface area (Å²) in [4.78, 5) is 0. The first-order valence-corrected chi connectivity index (χ1v) is 7.88. The average molecular weight is 338 g/mol. The summed E-state index contributed by atoms with van der Waals surface area (Å²) in [5, 5.41) is 11.7. The molecule has 0 fully saturated rings. The van der Waals surface area contributed by atoms with Crippen LogP contribution in [-0.2, 0) is 13.6 Å². The third-order valence-corrected chi connectivity index (χ3v) is 4.89. The Bertz CT molecular complexity index is 367. The van der Waals surface area contributed by atoms with E-state index in [9.17, 15) is 4.57 Å². The number of hydrogen-bond donors (Lipinski definition) is 1. The molecule has 0 aromatic heterocycles. The Morgan fingerprint density at radius 3 is 2.22 bits per heavy atom. The van der Waals surface area contributed by atoms with Crippen molar-refractivity contribution in [3.8, 4) is 6.07 Å². The van der Waals surface area contributed by atoms with Crippen molar-refractivity contribution in [2.24, 2.45) is 0 Å². The standard InChI is InChI=1S/C9H16Cl3N2O3P/c1-5-16-18(15,14-7(2)3)17-8(4,6-13)9(10,11)12/h7H,5H2,1-4H3,(H,14,15). The molecule has 0 bridgehead atoms. The zero-order valence-electron chi connectivity index (χ0n) is 10.5. The van der Waals surface area contributed by atoms with Gasteiger partial charge in [0.05, 0.1) is 6.61 Å². The van der Waals surface area contributed by atoms with Gasteiger partial charge in [0.15, 0.2) is 0 Å². The molecule has 1 N–H and O–H groups in total. The first kappa shape index (κ1) is 18.5. The summed E-state index contributed by atoms with van der Waals surface area (Å²) in [6.07, 6.45) is 0. The molecular weight excluding hydrogens is 321 g/mol. The van der Waals surface area contributed by atoms with E-state index in [0.29, 0.717) is 0 Å². The van der Waals surface area contributed by atoms with Crippen LogP contribution in [0.15, 0.2) is 0 Å². The summed E-state index contributed by atoms with van der Waals surface area (Å²) >= 11 is 17.0. The Kier molecular flexibility index (Phi) is 6.94. The second-order valence-electron chi connectivity index (χ2n) is 3.93. The molecule has 0 radical (unpaired) electrons. The summed E-state index contributed by atoms with van der Waals surface area (Å²) in [6, 6.07) is 1.50. The van der Waals surface area contributed by atoms with Crippen molar-refractivity contribution in [2.75, 3.05) is 6.61 Å². The Morgan fingerprint density at radius 2 is 1.94 bits per heavy atom. The zero-order chi connectivity index (χ0) is 14.6. The van der Waals surface area contributed by atoms with E-state index in [2.05, 4.69) is 5.09 Å². The van der Waals surface area contributed by atoms with E-state index in [4.69, 9.17) is 49.1 Å². The molecule has 0 aromatic rings. The molecule has 18 heavy (non-hydrogen) atoms. The molecule has 0 aromatic carbocycles. The maximum absolute atomic E-state index is 12.4. The molecule has 9 heteroatoms. The number of rotatable bonds is 6. The number of hydrogen-bond acceptors (Lipinski definition) is 4. The SMILES string of the molecule is CCOP(=O)(NC(C)C)OC(C)(C#N)C(Cl)(Cl)Cl. The summed E-state index contributed by atoms with van der Waals surface area (Å²) in [6.45, 7) is 6.48.